The minimum Gasteiger partial charge on any atom is -0.476 e. The highest BCUT2D eigenvalue weighted by molar-refractivity contribution is 9.10. The molecule has 1 N–H and O–H groups in total. The average Bonchev–Trinajstić information content (AvgIpc) is 3.07. The predicted molar refractivity (Wildman–Crippen MR) is 80.4 cm³/mol. The first-order chi connectivity index (χ1) is 10.1. The highest BCUT2D eigenvalue weighted by Crippen LogP contribution is 2.29. The molecule has 2 heterocycles. The number of carboxylic acids is 1. The number of hydrogen-bond donors (Lipinski definition) is 1. The van der Waals surface area contributed by atoms with Crippen molar-refractivity contribution < 1.29 is 14.6 Å². The number of aromatic nitrogens is 3. The van der Waals surface area contributed by atoms with Gasteiger partial charge in [0.15, 0.2) is 5.75 Å². The number of halogens is 1. The lowest BCUT2D eigenvalue weighted by Gasteiger charge is -1.99. The zero-order valence-corrected chi connectivity index (χ0v) is 12.8. The van der Waals surface area contributed by atoms with Crippen LogP contribution in [0.1, 0.15) is 10.5 Å². The molecule has 21 heavy (non-hydrogen) atoms. The van der Waals surface area contributed by atoms with E-state index in [2.05, 4.69) is 26.0 Å². The molecule has 8 heteroatoms. The van der Waals surface area contributed by atoms with E-state index in [0.717, 1.165) is 5.69 Å². The molecule has 0 saturated carbocycles. The van der Waals surface area contributed by atoms with Crippen LogP contribution in [0.15, 0.2) is 46.5 Å². The zero-order chi connectivity index (χ0) is 14.8. The Kier molecular flexibility index (Phi) is 3.72. The molecule has 0 radical (unpaired) electrons. The summed E-state index contributed by atoms with van der Waals surface area (Å²) in [6, 6.07) is 9.20. The van der Waals surface area contributed by atoms with Crippen molar-refractivity contribution in [1.82, 2.24) is 14.8 Å². The number of aromatic carboxylic acids is 1. The Hall–Kier alpha value is -2.19. The van der Waals surface area contributed by atoms with Crippen molar-refractivity contribution in [3.8, 4) is 16.6 Å². The third-order valence-electron chi connectivity index (χ3n) is 2.56. The van der Waals surface area contributed by atoms with E-state index in [1.54, 1.807) is 5.38 Å². The second kappa shape index (κ2) is 5.66. The van der Waals surface area contributed by atoms with Gasteiger partial charge in [-0.25, -0.2) is 9.48 Å². The van der Waals surface area contributed by atoms with Crippen molar-refractivity contribution in [3.63, 3.8) is 0 Å². The van der Waals surface area contributed by atoms with Gasteiger partial charge in [0.2, 0.25) is 5.69 Å². The smallest absolute Gasteiger partial charge is 0.360 e. The van der Waals surface area contributed by atoms with Gasteiger partial charge in [0, 0.05) is 5.38 Å². The van der Waals surface area contributed by atoms with Crippen LogP contribution in [-0.2, 0) is 0 Å². The second-order valence-electron chi connectivity index (χ2n) is 3.97. The molecule has 3 rings (SSSR count). The number of ether oxygens (including phenoxy) is 1. The van der Waals surface area contributed by atoms with Crippen LogP contribution in [0, 0.1) is 0 Å². The number of benzene rings is 1. The van der Waals surface area contributed by atoms with Crippen molar-refractivity contribution in [1.29, 1.82) is 0 Å². The normalized spacial score (nSPS) is 10.5. The Morgan fingerprint density at radius 3 is 2.71 bits per heavy atom. The van der Waals surface area contributed by atoms with Crippen molar-refractivity contribution in [2.24, 2.45) is 0 Å². The van der Waals surface area contributed by atoms with Gasteiger partial charge in [0.25, 0.3) is 5.19 Å². The molecule has 106 valence electrons. The van der Waals surface area contributed by atoms with Crippen LogP contribution in [0.4, 0.5) is 0 Å². The summed E-state index contributed by atoms with van der Waals surface area (Å²) in [5, 5.41) is 15.4. The molecular weight excluding hydrogens is 358 g/mol. The Morgan fingerprint density at radius 2 is 2.10 bits per heavy atom. The molecule has 3 aromatic rings. The van der Waals surface area contributed by atoms with Crippen LogP contribution >= 0.6 is 27.3 Å². The molecule has 0 saturated heterocycles. The maximum Gasteiger partial charge on any atom is 0.360 e. The summed E-state index contributed by atoms with van der Waals surface area (Å²) in [5.41, 5.74) is 0.584. The number of para-hydroxylation sites is 1. The molecule has 2 aromatic heterocycles. The minimum absolute atomic E-state index is 0.146. The van der Waals surface area contributed by atoms with E-state index >= 15 is 0 Å². The average molecular weight is 366 g/mol. The largest absolute Gasteiger partial charge is 0.476 e. The van der Waals surface area contributed by atoms with Crippen LogP contribution in [0.2, 0.25) is 0 Å². The van der Waals surface area contributed by atoms with E-state index in [1.165, 1.54) is 22.2 Å². The number of rotatable bonds is 4. The Labute approximate surface area is 131 Å². The van der Waals surface area contributed by atoms with Crippen molar-refractivity contribution in [2.75, 3.05) is 0 Å². The molecule has 1 aromatic carbocycles. The van der Waals surface area contributed by atoms with Crippen LogP contribution in [0.5, 0.6) is 10.9 Å². The molecule has 6 nitrogen and oxygen atoms in total. The third-order valence-corrected chi connectivity index (χ3v) is 3.98. The number of nitrogens with zero attached hydrogens (tertiary/aromatic N) is 3. The molecule has 0 spiro atoms. The van der Waals surface area contributed by atoms with E-state index in [0.29, 0.717) is 9.80 Å². The predicted octanol–water partition coefficient (Wildman–Crippen LogP) is 3.58. The van der Waals surface area contributed by atoms with Gasteiger partial charge in [0.05, 0.1) is 11.9 Å². The summed E-state index contributed by atoms with van der Waals surface area (Å²) in [6.07, 6.45) is 1.52. The summed E-state index contributed by atoms with van der Waals surface area (Å²) in [5.74, 6) is -1.01. The molecule has 0 bridgehead atoms. The fraction of sp³-hybridized carbons (Fsp3) is 0. The molecule has 0 aliphatic heterocycles. The third kappa shape index (κ3) is 2.96. The summed E-state index contributed by atoms with van der Waals surface area (Å²) in [7, 11) is 0. The lowest BCUT2D eigenvalue weighted by Crippen LogP contribution is -2.01. The Bertz CT molecular complexity index is 785. The molecular formula is C13H8BrN3O3S. The Balaban J connectivity index is 1.99. The van der Waals surface area contributed by atoms with E-state index in [1.807, 2.05) is 30.3 Å². The van der Waals surface area contributed by atoms with Crippen LogP contribution in [0.3, 0.4) is 0 Å². The topological polar surface area (TPSA) is 77.2 Å². The number of carboxylic acid groups (broad SMARTS) is 1. The van der Waals surface area contributed by atoms with Gasteiger partial charge in [-0.05, 0) is 28.1 Å². The van der Waals surface area contributed by atoms with Gasteiger partial charge in [-0.15, -0.1) is 0 Å². The molecule has 0 aliphatic rings. The summed E-state index contributed by atoms with van der Waals surface area (Å²) >= 11 is 4.48. The van der Waals surface area contributed by atoms with E-state index < -0.39 is 5.97 Å². The lowest BCUT2D eigenvalue weighted by molar-refractivity contribution is 0.0687. The number of thiazole rings is 1. The first-order valence-corrected chi connectivity index (χ1v) is 7.48. The molecule has 0 amide bonds. The van der Waals surface area contributed by atoms with Crippen molar-refractivity contribution >= 4 is 33.2 Å². The monoisotopic (exact) mass is 365 g/mol. The number of hydrogen-bond acceptors (Lipinski definition) is 5. The SMILES string of the molecule is O=C(O)c1nn(-c2ccccc2)cc1Oc1nc(Br)cs1. The van der Waals surface area contributed by atoms with Crippen LogP contribution in [0.25, 0.3) is 5.69 Å². The standard InChI is InChI=1S/C13H8BrN3O3S/c14-10-7-21-13(15-10)20-9-6-17(16-11(9)12(18)19)8-4-2-1-3-5-8/h1-7H,(H,18,19). The van der Waals surface area contributed by atoms with Gasteiger partial charge in [-0.1, -0.05) is 29.5 Å². The van der Waals surface area contributed by atoms with Gasteiger partial charge in [-0.3, -0.25) is 0 Å². The zero-order valence-electron chi connectivity index (χ0n) is 10.4. The van der Waals surface area contributed by atoms with Crippen molar-refractivity contribution in [2.45, 2.75) is 0 Å². The van der Waals surface area contributed by atoms with E-state index in [-0.39, 0.29) is 11.4 Å². The molecule has 0 fully saturated rings. The van der Waals surface area contributed by atoms with Gasteiger partial charge in [-0.2, -0.15) is 10.1 Å². The van der Waals surface area contributed by atoms with Gasteiger partial charge < -0.3 is 9.84 Å². The summed E-state index contributed by atoms with van der Waals surface area (Å²) < 4.78 is 7.60. The fourth-order valence-electron chi connectivity index (χ4n) is 1.67. The lowest BCUT2D eigenvalue weighted by atomic mass is 10.3. The maximum atomic E-state index is 11.3. The summed E-state index contributed by atoms with van der Waals surface area (Å²) in [6.45, 7) is 0. The minimum atomic E-state index is -1.16. The quantitative estimate of drug-likeness (QED) is 0.764. The van der Waals surface area contributed by atoms with Gasteiger partial charge >= 0.3 is 5.97 Å². The molecule has 0 aliphatic carbocycles. The highest BCUT2D eigenvalue weighted by Gasteiger charge is 2.19. The number of carbonyl (C=O) groups is 1. The first-order valence-electron chi connectivity index (χ1n) is 5.81. The van der Waals surface area contributed by atoms with Gasteiger partial charge in [0.1, 0.15) is 4.60 Å². The Morgan fingerprint density at radius 1 is 1.33 bits per heavy atom. The van der Waals surface area contributed by atoms with Crippen molar-refractivity contribution in [3.05, 3.63) is 52.2 Å². The fourth-order valence-corrected chi connectivity index (χ4v) is 2.77. The molecule has 0 atom stereocenters. The van der Waals surface area contributed by atoms with Crippen LogP contribution in [-0.4, -0.2) is 25.8 Å². The highest BCUT2D eigenvalue weighted by atomic mass is 79.9. The van der Waals surface area contributed by atoms with Crippen LogP contribution < -0.4 is 4.74 Å². The first kappa shape index (κ1) is 13.8. The molecule has 0 unspecified atom stereocenters. The van der Waals surface area contributed by atoms with E-state index in [9.17, 15) is 9.90 Å². The van der Waals surface area contributed by atoms with E-state index in [4.69, 9.17) is 4.74 Å². The maximum absolute atomic E-state index is 11.3. The summed E-state index contributed by atoms with van der Waals surface area (Å²) in [4.78, 5) is 15.4. The second-order valence-corrected chi connectivity index (χ2v) is 5.60.